The molecule has 32 heavy (non-hydrogen) atoms. The third-order valence-corrected chi connectivity index (χ3v) is 4.85. The van der Waals surface area contributed by atoms with E-state index in [2.05, 4.69) is 20.7 Å². The summed E-state index contributed by atoms with van der Waals surface area (Å²) in [5.74, 6) is -1.26. The second-order valence-corrected chi connectivity index (χ2v) is 8.37. The molecular formula is C23H21F2N5O2. The lowest BCUT2D eigenvalue weighted by Gasteiger charge is -2.14. The summed E-state index contributed by atoms with van der Waals surface area (Å²) in [6.45, 7) is 5.97. The zero-order valence-corrected chi connectivity index (χ0v) is 17.7. The average molecular weight is 437 g/mol. The molecule has 0 saturated carbocycles. The Morgan fingerprint density at radius 2 is 1.78 bits per heavy atom. The Labute approximate surface area is 182 Å². The first-order chi connectivity index (χ1) is 15.1. The largest absolute Gasteiger partial charge is 0.324 e. The molecule has 0 fully saturated rings. The number of hydrogen-bond acceptors (Lipinski definition) is 3. The molecule has 2 aromatic carbocycles. The van der Waals surface area contributed by atoms with Crippen molar-refractivity contribution in [3.05, 3.63) is 82.3 Å². The van der Waals surface area contributed by atoms with Gasteiger partial charge in [0, 0.05) is 34.5 Å². The molecular weight excluding hydrogens is 416 g/mol. The highest BCUT2D eigenvalue weighted by atomic mass is 19.1. The van der Waals surface area contributed by atoms with Gasteiger partial charge in [0.15, 0.2) is 0 Å². The van der Waals surface area contributed by atoms with E-state index >= 15 is 0 Å². The number of nitrogens with zero attached hydrogens (tertiary/aromatic N) is 2. The van der Waals surface area contributed by atoms with Gasteiger partial charge >= 0.3 is 6.03 Å². The summed E-state index contributed by atoms with van der Waals surface area (Å²) in [5, 5.41) is 10.5. The molecule has 2 aromatic heterocycles. The molecule has 0 saturated heterocycles. The zero-order chi connectivity index (χ0) is 23.0. The number of pyridine rings is 1. The normalized spacial score (nSPS) is 11.5. The van der Waals surface area contributed by atoms with Gasteiger partial charge in [-0.2, -0.15) is 5.10 Å². The molecule has 0 unspecified atom stereocenters. The van der Waals surface area contributed by atoms with Crippen LogP contribution in [0.2, 0.25) is 0 Å². The van der Waals surface area contributed by atoms with E-state index in [-0.39, 0.29) is 16.7 Å². The van der Waals surface area contributed by atoms with E-state index in [1.165, 1.54) is 6.07 Å². The molecule has 9 heteroatoms. The van der Waals surface area contributed by atoms with Crippen molar-refractivity contribution < 1.29 is 13.6 Å². The molecule has 2 heterocycles. The first-order valence-electron chi connectivity index (χ1n) is 9.87. The lowest BCUT2D eigenvalue weighted by Crippen LogP contribution is -2.22. The van der Waals surface area contributed by atoms with Crippen LogP contribution in [0.4, 0.5) is 25.1 Å². The molecule has 164 valence electrons. The summed E-state index contributed by atoms with van der Waals surface area (Å²) in [4.78, 5) is 26.8. The summed E-state index contributed by atoms with van der Waals surface area (Å²) in [6, 6.07) is 12.4. The first kappa shape index (κ1) is 21.2. The highest BCUT2D eigenvalue weighted by Crippen LogP contribution is 2.27. The van der Waals surface area contributed by atoms with Crippen LogP contribution >= 0.6 is 0 Å². The number of anilines is 2. The molecule has 0 aliphatic carbocycles. The van der Waals surface area contributed by atoms with Gasteiger partial charge in [0.2, 0.25) is 5.56 Å². The lowest BCUT2D eigenvalue weighted by atomic mass is 9.92. The molecule has 0 spiro atoms. The van der Waals surface area contributed by atoms with E-state index in [4.69, 9.17) is 0 Å². The van der Waals surface area contributed by atoms with Gasteiger partial charge in [0.1, 0.15) is 17.5 Å². The first-order valence-corrected chi connectivity index (χ1v) is 9.87. The van der Waals surface area contributed by atoms with Gasteiger partial charge in [-0.25, -0.2) is 18.3 Å². The summed E-state index contributed by atoms with van der Waals surface area (Å²) < 4.78 is 28.6. The van der Waals surface area contributed by atoms with Crippen LogP contribution in [-0.2, 0) is 5.41 Å². The van der Waals surface area contributed by atoms with Crippen LogP contribution in [0, 0.1) is 11.6 Å². The molecule has 7 nitrogen and oxygen atoms in total. The Bertz CT molecular complexity index is 1390. The molecule has 2 amide bonds. The van der Waals surface area contributed by atoms with Gasteiger partial charge in [-0.1, -0.05) is 20.8 Å². The lowest BCUT2D eigenvalue weighted by molar-refractivity contribution is 0.262. The number of aromatic amines is 1. The second kappa shape index (κ2) is 7.92. The maximum absolute atomic E-state index is 13.9. The summed E-state index contributed by atoms with van der Waals surface area (Å²) in [7, 11) is 0. The highest BCUT2D eigenvalue weighted by Gasteiger charge is 2.22. The predicted molar refractivity (Wildman–Crippen MR) is 119 cm³/mol. The predicted octanol–water partition coefficient (Wildman–Crippen LogP) is 4.93. The maximum Gasteiger partial charge on any atom is 0.324 e. The van der Waals surface area contributed by atoms with Crippen molar-refractivity contribution >= 4 is 28.4 Å². The molecule has 3 N–H and O–H groups in total. The number of H-pyrrole nitrogens is 1. The summed E-state index contributed by atoms with van der Waals surface area (Å²) in [6.07, 6.45) is 0. The molecule has 0 atom stereocenters. The minimum Gasteiger partial charge on any atom is -0.322 e. The number of carbonyl (C=O) groups is 1. The van der Waals surface area contributed by atoms with Crippen LogP contribution in [0.3, 0.4) is 0 Å². The molecule has 4 rings (SSSR count). The number of amides is 2. The van der Waals surface area contributed by atoms with Crippen molar-refractivity contribution in [1.29, 1.82) is 0 Å². The van der Waals surface area contributed by atoms with E-state index < -0.39 is 17.7 Å². The number of urea groups is 1. The van der Waals surface area contributed by atoms with Crippen LogP contribution in [0.5, 0.6) is 0 Å². The number of rotatable bonds is 3. The molecule has 0 bridgehead atoms. The number of aromatic nitrogens is 3. The minimum atomic E-state index is -0.882. The molecule has 0 radical (unpaired) electrons. The van der Waals surface area contributed by atoms with Crippen LogP contribution in [0.25, 0.3) is 16.6 Å². The Morgan fingerprint density at radius 1 is 1.00 bits per heavy atom. The van der Waals surface area contributed by atoms with E-state index in [9.17, 15) is 18.4 Å². The quantitative estimate of drug-likeness (QED) is 0.424. The fourth-order valence-electron chi connectivity index (χ4n) is 3.17. The van der Waals surface area contributed by atoms with Crippen molar-refractivity contribution in [3.63, 3.8) is 0 Å². The standard InChI is InChI=1S/C23H21F2N5O2/c1-23(2,3)19-12-20(28-22(32)27-18-7-5-14(24)11-16(18)25)30(29-19)15-6-8-17-13(10-15)4-9-21(31)26-17/h4-12H,1-3H3,(H,26,31)(H2,27,28,32). The van der Waals surface area contributed by atoms with Gasteiger partial charge in [-0.15, -0.1) is 0 Å². The van der Waals surface area contributed by atoms with Crippen LogP contribution in [0.15, 0.2) is 59.4 Å². The second-order valence-electron chi connectivity index (χ2n) is 8.37. The number of hydrogen-bond donors (Lipinski definition) is 3. The number of halogens is 2. The highest BCUT2D eigenvalue weighted by molar-refractivity contribution is 5.99. The zero-order valence-electron chi connectivity index (χ0n) is 17.7. The van der Waals surface area contributed by atoms with Crippen LogP contribution < -0.4 is 16.2 Å². The summed E-state index contributed by atoms with van der Waals surface area (Å²) in [5.41, 5.74) is 1.39. The Hall–Kier alpha value is -4.01. The van der Waals surface area contributed by atoms with E-state index in [1.807, 2.05) is 26.8 Å². The van der Waals surface area contributed by atoms with Crippen molar-refractivity contribution in [3.8, 4) is 5.69 Å². The van der Waals surface area contributed by atoms with Gasteiger partial charge in [0.05, 0.1) is 17.1 Å². The smallest absolute Gasteiger partial charge is 0.322 e. The van der Waals surface area contributed by atoms with E-state index in [1.54, 1.807) is 28.9 Å². The van der Waals surface area contributed by atoms with Gasteiger partial charge in [-0.3, -0.25) is 10.1 Å². The van der Waals surface area contributed by atoms with Crippen molar-refractivity contribution in [1.82, 2.24) is 14.8 Å². The SMILES string of the molecule is CC(C)(C)c1cc(NC(=O)Nc2ccc(F)cc2F)n(-c2ccc3[nH]c(=O)ccc3c2)n1. The number of fused-ring (bicyclic) bond motifs is 1. The van der Waals surface area contributed by atoms with Gasteiger partial charge < -0.3 is 10.3 Å². The van der Waals surface area contributed by atoms with Gasteiger partial charge in [-0.05, 0) is 36.4 Å². The minimum absolute atomic E-state index is 0.152. The molecule has 4 aromatic rings. The third kappa shape index (κ3) is 4.36. The van der Waals surface area contributed by atoms with E-state index in [0.29, 0.717) is 23.1 Å². The Morgan fingerprint density at radius 3 is 2.50 bits per heavy atom. The van der Waals surface area contributed by atoms with E-state index in [0.717, 1.165) is 23.2 Å². The molecule has 0 aliphatic rings. The van der Waals surface area contributed by atoms with Gasteiger partial charge in [0.25, 0.3) is 0 Å². The van der Waals surface area contributed by atoms with Crippen LogP contribution in [0.1, 0.15) is 26.5 Å². The third-order valence-electron chi connectivity index (χ3n) is 4.85. The summed E-state index contributed by atoms with van der Waals surface area (Å²) >= 11 is 0. The number of nitrogens with one attached hydrogen (secondary N) is 3. The van der Waals surface area contributed by atoms with Crippen LogP contribution in [-0.4, -0.2) is 20.8 Å². The maximum atomic E-state index is 13.9. The molecule has 0 aliphatic heterocycles. The number of carbonyl (C=O) groups excluding carboxylic acids is 1. The average Bonchev–Trinajstić information content (AvgIpc) is 3.14. The Kier molecular flexibility index (Phi) is 5.25. The van der Waals surface area contributed by atoms with Crippen molar-refractivity contribution in [2.75, 3.05) is 10.6 Å². The monoisotopic (exact) mass is 437 g/mol. The van der Waals surface area contributed by atoms with Crippen molar-refractivity contribution in [2.24, 2.45) is 0 Å². The fraction of sp³-hybridized carbons (Fsp3) is 0.174. The fourth-order valence-corrected chi connectivity index (χ4v) is 3.17. The topological polar surface area (TPSA) is 91.8 Å². The number of benzene rings is 2. The van der Waals surface area contributed by atoms with Crippen molar-refractivity contribution in [2.45, 2.75) is 26.2 Å². The Balaban J connectivity index is 1.70.